The monoisotopic (exact) mass is 330 g/mol. The predicted molar refractivity (Wildman–Crippen MR) is 93.3 cm³/mol. The molecule has 2 fully saturated rings. The van der Waals surface area contributed by atoms with Crippen LogP contribution < -0.4 is 4.90 Å². The Morgan fingerprint density at radius 1 is 1.12 bits per heavy atom. The van der Waals surface area contributed by atoms with E-state index in [2.05, 4.69) is 37.8 Å². The average molecular weight is 330 g/mol. The molecule has 2 unspecified atom stereocenters. The number of aliphatic carboxylic acids is 1. The highest BCUT2D eigenvalue weighted by atomic mass is 16.4. The molecule has 1 aromatic carbocycles. The highest BCUT2D eigenvalue weighted by Gasteiger charge is 2.40. The topological polar surface area (TPSA) is 60.9 Å². The molecule has 2 aliphatic heterocycles. The fourth-order valence-corrected chi connectivity index (χ4v) is 4.31. The SMILES string of the molecule is Cc1cc(C)c(N2CCC(N3CCCC(C(=O)O)C3)C2=O)c(C)c1. The van der Waals surface area contributed by atoms with Crippen LogP contribution in [-0.4, -0.2) is 47.6 Å². The summed E-state index contributed by atoms with van der Waals surface area (Å²) in [4.78, 5) is 28.3. The lowest BCUT2D eigenvalue weighted by atomic mass is 9.96. The molecule has 130 valence electrons. The second-order valence-electron chi connectivity index (χ2n) is 7.21. The van der Waals surface area contributed by atoms with Gasteiger partial charge in [-0.15, -0.1) is 0 Å². The molecule has 1 amide bonds. The summed E-state index contributed by atoms with van der Waals surface area (Å²) in [6.45, 7) is 8.19. The molecule has 1 aromatic rings. The first-order valence-corrected chi connectivity index (χ1v) is 8.74. The van der Waals surface area contributed by atoms with Gasteiger partial charge in [0.15, 0.2) is 0 Å². The molecule has 1 N–H and O–H groups in total. The van der Waals surface area contributed by atoms with Crippen molar-refractivity contribution in [2.24, 2.45) is 5.92 Å². The highest BCUT2D eigenvalue weighted by Crippen LogP contribution is 2.32. The Bertz CT molecular complexity index is 648. The van der Waals surface area contributed by atoms with E-state index in [0.717, 1.165) is 36.2 Å². The lowest BCUT2D eigenvalue weighted by Crippen LogP contribution is -2.48. The number of hydrogen-bond donors (Lipinski definition) is 1. The molecule has 0 aromatic heterocycles. The van der Waals surface area contributed by atoms with Gasteiger partial charge in [0, 0.05) is 18.8 Å². The van der Waals surface area contributed by atoms with E-state index in [9.17, 15) is 14.7 Å². The third-order valence-corrected chi connectivity index (χ3v) is 5.33. The summed E-state index contributed by atoms with van der Waals surface area (Å²) in [6.07, 6.45) is 2.34. The zero-order valence-electron chi connectivity index (χ0n) is 14.7. The number of carbonyl (C=O) groups excluding carboxylic acids is 1. The molecule has 2 atom stereocenters. The zero-order valence-corrected chi connectivity index (χ0v) is 14.7. The number of hydrogen-bond acceptors (Lipinski definition) is 3. The van der Waals surface area contributed by atoms with Gasteiger partial charge in [-0.2, -0.15) is 0 Å². The Balaban J connectivity index is 1.79. The number of amides is 1. The van der Waals surface area contributed by atoms with Crippen molar-refractivity contribution in [1.82, 2.24) is 4.90 Å². The van der Waals surface area contributed by atoms with Crippen molar-refractivity contribution in [1.29, 1.82) is 0 Å². The maximum atomic E-state index is 13.0. The van der Waals surface area contributed by atoms with E-state index in [4.69, 9.17) is 0 Å². The van der Waals surface area contributed by atoms with Crippen LogP contribution in [0, 0.1) is 26.7 Å². The van der Waals surface area contributed by atoms with Crippen molar-refractivity contribution >= 4 is 17.6 Å². The summed E-state index contributed by atoms with van der Waals surface area (Å²) in [5, 5.41) is 9.27. The van der Waals surface area contributed by atoms with Crippen LogP contribution in [0.4, 0.5) is 5.69 Å². The number of carboxylic acids is 1. The van der Waals surface area contributed by atoms with Gasteiger partial charge in [-0.05, 0) is 57.7 Å². The van der Waals surface area contributed by atoms with E-state index >= 15 is 0 Å². The van der Waals surface area contributed by atoms with Crippen LogP contribution in [-0.2, 0) is 9.59 Å². The Morgan fingerprint density at radius 3 is 2.42 bits per heavy atom. The maximum absolute atomic E-state index is 13.0. The van der Waals surface area contributed by atoms with E-state index in [1.165, 1.54) is 5.56 Å². The van der Waals surface area contributed by atoms with E-state index in [1.807, 2.05) is 4.90 Å². The Hall–Kier alpha value is -1.88. The largest absolute Gasteiger partial charge is 0.481 e. The van der Waals surface area contributed by atoms with Gasteiger partial charge in [-0.25, -0.2) is 0 Å². The smallest absolute Gasteiger partial charge is 0.307 e. The number of aryl methyl sites for hydroxylation is 3. The lowest BCUT2D eigenvalue weighted by molar-refractivity contribution is -0.144. The molecule has 2 heterocycles. The number of benzene rings is 1. The minimum Gasteiger partial charge on any atom is -0.481 e. The summed E-state index contributed by atoms with van der Waals surface area (Å²) in [7, 11) is 0. The summed E-state index contributed by atoms with van der Waals surface area (Å²) >= 11 is 0. The molecule has 0 bridgehead atoms. The average Bonchev–Trinajstić information content (AvgIpc) is 2.88. The van der Waals surface area contributed by atoms with Crippen LogP contribution >= 0.6 is 0 Å². The standard InChI is InChI=1S/C19H26N2O3/c1-12-9-13(2)17(14(3)10-12)21-8-6-16(18(21)22)20-7-4-5-15(11-20)19(23)24/h9-10,15-16H,4-8,11H2,1-3H3,(H,23,24). The second-order valence-corrected chi connectivity index (χ2v) is 7.21. The second kappa shape index (κ2) is 6.55. The number of carboxylic acid groups (broad SMARTS) is 1. The fourth-order valence-electron chi connectivity index (χ4n) is 4.31. The van der Waals surface area contributed by atoms with Crippen molar-refractivity contribution in [2.75, 3.05) is 24.5 Å². The molecule has 5 heteroatoms. The minimum absolute atomic E-state index is 0.121. The molecule has 24 heavy (non-hydrogen) atoms. The summed E-state index contributed by atoms with van der Waals surface area (Å²) in [6, 6.07) is 4.06. The first-order valence-electron chi connectivity index (χ1n) is 8.74. The van der Waals surface area contributed by atoms with Crippen molar-refractivity contribution in [3.05, 3.63) is 28.8 Å². The van der Waals surface area contributed by atoms with Crippen LogP contribution in [0.5, 0.6) is 0 Å². The van der Waals surface area contributed by atoms with E-state index < -0.39 is 5.97 Å². The van der Waals surface area contributed by atoms with Gasteiger partial charge in [-0.1, -0.05) is 17.7 Å². The van der Waals surface area contributed by atoms with E-state index in [0.29, 0.717) is 19.5 Å². The molecule has 2 saturated heterocycles. The molecular formula is C19H26N2O3. The quantitative estimate of drug-likeness (QED) is 0.925. The van der Waals surface area contributed by atoms with Crippen LogP contribution in [0.15, 0.2) is 12.1 Å². The lowest BCUT2D eigenvalue weighted by Gasteiger charge is -2.34. The Labute approximate surface area is 143 Å². The number of anilines is 1. The van der Waals surface area contributed by atoms with Gasteiger partial charge in [0.05, 0.1) is 12.0 Å². The van der Waals surface area contributed by atoms with Crippen LogP contribution in [0.2, 0.25) is 0 Å². The van der Waals surface area contributed by atoms with E-state index in [1.54, 1.807) is 0 Å². The first-order chi connectivity index (χ1) is 11.4. The zero-order chi connectivity index (χ0) is 17.4. The summed E-state index contributed by atoms with van der Waals surface area (Å²) < 4.78 is 0. The molecule has 0 aliphatic carbocycles. The fraction of sp³-hybridized carbons (Fsp3) is 0.579. The van der Waals surface area contributed by atoms with Gasteiger partial charge in [0.25, 0.3) is 0 Å². The summed E-state index contributed by atoms with van der Waals surface area (Å²) in [5.41, 5.74) is 4.49. The predicted octanol–water partition coefficient (Wildman–Crippen LogP) is 2.51. The van der Waals surface area contributed by atoms with Crippen molar-refractivity contribution in [3.8, 4) is 0 Å². The number of piperidine rings is 1. The molecule has 0 saturated carbocycles. The molecule has 5 nitrogen and oxygen atoms in total. The third kappa shape index (κ3) is 3.05. The molecular weight excluding hydrogens is 304 g/mol. The first kappa shape index (κ1) is 17.0. The maximum Gasteiger partial charge on any atom is 0.307 e. The summed E-state index contributed by atoms with van der Waals surface area (Å²) in [5.74, 6) is -0.966. The van der Waals surface area contributed by atoms with Crippen molar-refractivity contribution in [2.45, 2.75) is 46.1 Å². The van der Waals surface area contributed by atoms with Gasteiger partial charge >= 0.3 is 5.97 Å². The van der Waals surface area contributed by atoms with Crippen molar-refractivity contribution in [3.63, 3.8) is 0 Å². The van der Waals surface area contributed by atoms with E-state index in [-0.39, 0.29) is 17.9 Å². The highest BCUT2D eigenvalue weighted by molar-refractivity contribution is 6.00. The number of likely N-dealkylation sites (tertiary alicyclic amines) is 1. The Morgan fingerprint density at radius 2 is 1.79 bits per heavy atom. The van der Waals surface area contributed by atoms with Gasteiger partial charge in [0.1, 0.15) is 0 Å². The molecule has 0 radical (unpaired) electrons. The van der Waals surface area contributed by atoms with Crippen LogP contribution in [0.1, 0.15) is 36.0 Å². The minimum atomic E-state index is -0.743. The Kier molecular flexibility index (Phi) is 4.63. The molecule has 3 rings (SSSR count). The number of carbonyl (C=O) groups is 2. The van der Waals surface area contributed by atoms with Crippen LogP contribution in [0.25, 0.3) is 0 Å². The molecule has 0 spiro atoms. The van der Waals surface area contributed by atoms with Crippen LogP contribution in [0.3, 0.4) is 0 Å². The van der Waals surface area contributed by atoms with Crippen molar-refractivity contribution < 1.29 is 14.7 Å². The van der Waals surface area contributed by atoms with Gasteiger partial charge in [-0.3, -0.25) is 14.5 Å². The van der Waals surface area contributed by atoms with Gasteiger partial charge in [0.2, 0.25) is 5.91 Å². The normalized spacial score (nSPS) is 25.3. The number of nitrogens with zero attached hydrogens (tertiary/aromatic N) is 2. The van der Waals surface area contributed by atoms with Gasteiger partial charge < -0.3 is 10.0 Å². The molecule has 2 aliphatic rings. The third-order valence-electron chi connectivity index (χ3n) is 5.33. The number of rotatable bonds is 3.